The van der Waals surface area contributed by atoms with Gasteiger partial charge in [0.05, 0.1) is 0 Å². The lowest BCUT2D eigenvalue weighted by molar-refractivity contribution is 0.618. The van der Waals surface area contributed by atoms with Crippen LogP contribution in [0.25, 0.3) is 0 Å². The number of rotatable bonds is 2. The number of nitrogens with zero attached hydrogens (tertiary/aromatic N) is 2. The monoisotopic (exact) mass is 265 g/mol. The average molecular weight is 265 g/mol. The topological polar surface area (TPSA) is 104 Å². The number of hydrogen-bond acceptors (Lipinski definition) is 6. The number of nitrogen functional groups attached to an aromatic ring is 3. The van der Waals surface area contributed by atoms with E-state index in [2.05, 4.69) is 9.97 Å². The molecule has 0 aliphatic carbocycles. The molecular weight excluding hydrogens is 253 g/mol. The van der Waals surface area contributed by atoms with Gasteiger partial charge in [0.25, 0.3) is 0 Å². The van der Waals surface area contributed by atoms with E-state index in [0.717, 1.165) is 0 Å². The lowest BCUT2D eigenvalue weighted by atomic mass is 10.2. The van der Waals surface area contributed by atoms with Gasteiger partial charge < -0.3 is 17.2 Å². The Hall–Kier alpha value is -2.02. The quantitative estimate of drug-likeness (QED) is 0.565. The molecule has 0 saturated heterocycles. The molecule has 0 aliphatic heterocycles. The van der Waals surface area contributed by atoms with Gasteiger partial charge in [-0.25, -0.2) is 14.4 Å². The first-order chi connectivity index (χ1) is 8.45. The smallest absolute Gasteiger partial charge is 0.196 e. The molecule has 6 N–H and O–H groups in total. The predicted molar refractivity (Wildman–Crippen MR) is 70.5 cm³/mol. The van der Waals surface area contributed by atoms with E-state index in [9.17, 15) is 4.39 Å². The Bertz CT molecular complexity index is 582. The minimum Gasteiger partial charge on any atom is -0.398 e. The second-order valence-corrected chi connectivity index (χ2v) is 4.75. The zero-order chi connectivity index (χ0) is 13.3. The van der Waals surface area contributed by atoms with E-state index in [4.69, 9.17) is 17.2 Å². The molecule has 5 nitrogen and oxygen atoms in total. The minimum atomic E-state index is -0.343. The summed E-state index contributed by atoms with van der Waals surface area (Å²) in [5.41, 5.74) is 17.7. The summed E-state index contributed by atoms with van der Waals surface area (Å²) in [4.78, 5) is 8.71. The number of benzene rings is 1. The Balaban J connectivity index is 2.36. The standard InChI is InChI=1S/C11H12FN5S/c1-5-2-8(7(13)3-6(5)12)18-11-16-9(14)4-10(15)17-11/h2-4H,13H2,1H3,(H4,14,15,16,17). The molecule has 0 fully saturated rings. The lowest BCUT2D eigenvalue weighted by Gasteiger charge is -2.07. The number of hydrogen-bond donors (Lipinski definition) is 3. The first-order valence-corrected chi connectivity index (χ1v) is 5.91. The molecular formula is C11H12FN5S. The van der Waals surface area contributed by atoms with Crippen molar-refractivity contribution in [2.75, 3.05) is 17.2 Å². The Labute approximate surface area is 108 Å². The van der Waals surface area contributed by atoms with E-state index >= 15 is 0 Å². The first-order valence-electron chi connectivity index (χ1n) is 5.09. The zero-order valence-corrected chi connectivity index (χ0v) is 10.5. The fourth-order valence-corrected chi connectivity index (χ4v) is 2.28. The number of halogens is 1. The van der Waals surface area contributed by atoms with Gasteiger partial charge in [0, 0.05) is 16.6 Å². The molecule has 0 saturated carbocycles. The molecule has 7 heteroatoms. The largest absolute Gasteiger partial charge is 0.398 e. The van der Waals surface area contributed by atoms with Crippen LogP contribution in [0.2, 0.25) is 0 Å². The second kappa shape index (κ2) is 4.69. The molecule has 0 radical (unpaired) electrons. The summed E-state index contributed by atoms with van der Waals surface area (Å²) in [6, 6.07) is 4.37. The Kier molecular flexibility index (Phi) is 3.24. The van der Waals surface area contributed by atoms with E-state index in [1.165, 1.54) is 23.9 Å². The van der Waals surface area contributed by atoms with Crippen LogP contribution in [-0.2, 0) is 0 Å². The van der Waals surface area contributed by atoms with Gasteiger partial charge in [0.1, 0.15) is 17.5 Å². The maximum Gasteiger partial charge on any atom is 0.196 e. The minimum absolute atomic E-state index is 0.280. The van der Waals surface area contributed by atoms with Gasteiger partial charge in [0.15, 0.2) is 5.16 Å². The van der Waals surface area contributed by atoms with Crippen LogP contribution >= 0.6 is 11.8 Å². The van der Waals surface area contributed by atoms with Crippen molar-refractivity contribution in [3.8, 4) is 0 Å². The highest BCUT2D eigenvalue weighted by Gasteiger charge is 2.09. The predicted octanol–water partition coefficient (Wildman–Crippen LogP) is 1.82. The SMILES string of the molecule is Cc1cc(Sc2nc(N)cc(N)n2)c(N)cc1F. The second-order valence-electron chi connectivity index (χ2n) is 3.74. The van der Waals surface area contributed by atoms with Crippen LogP contribution in [-0.4, -0.2) is 9.97 Å². The lowest BCUT2D eigenvalue weighted by Crippen LogP contribution is -2.00. The van der Waals surface area contributed by atoms with Crippen molar-refractivity contribution < 1.29 is 4.39 Å². The highest BCUT2D eigenvalue weighted by Crippen LogP contribution is 2.32. The van der Waals surface area contributed by atoms with Crippen molar-refractivity contribution in [2.24, 2.45) is 0 Å². The number of aromatic nitrogens is 2. The molecule has 1 heterocycles. The normalized spacial score (nSPS) is 10.6. The van der Waals surface area contributed by atoms with Crippen molar-refractivity contribution in [1.82, 2.24) is 9.97 Å². The molecule has 2 rings (SSSR count). The molecule has 0 atom stereocenters. The van der Waals surface area contributed by atoms with Gasteiger partial charge in [0.2, 0.25) is 0 Å². The van der Waals surface area contributed by atoms with Crippen molar-refractivity contribution in [3.05, 3.63) is 29.6 Å². The van der Waals surface area contributed by atoms with E-state index in [0.29, 0.717) is 21.3 Å². The third-order valence-electron chi connectivity index (χ3n) is 2.24. The molecule has 0 aliphatic rings. The Morgan fingerprint density at radius 2 is 1.67 bits per heavy atom. The molecule has 0 bridgehead atoms. The van der Waals surface area contributed by atoms with Crippen molar-refractivity contribution in [1.29, 1.82) is 0 Å². The van der Waals surface area contributed by atoms with Crippen LogP contribution in [0.5, 0.6) is 0 Å². The van der Waals surface area contributed by atoms with Gasteiger partial charge in [-0.15, -0.1) is 0 Å². The zero-order valence-electron chi connectivity index (χ0n) is 9.64. The van der Waals surface area contributed by atoms with E-state index in [1.54, 1.807) is 13.0 Å². The average Bonchev–Trinajstić information content (AvgIpc) is 2.24. The van der Waals surface area contributed by atoms with Gasteiger partial charge in [-0.1, -0.05) is 0 Å². The maximum absolute atomic E-state index is 13.3. The third kappa shape index (κ3) is 2.62. The molecule has 0 unspecified atom stereocenters. The summed E-state index contributed by atoms with van der Waals surface area (Å²) in [5.74, 6) is 0.217. The van der Waals surface area contributed by atoms with Crippen molar-refractivity contribution >= 4 is 29.1 Å². The summed E-state index contributed by atoms with van der Waals surface area (Å²) < 4.78 is 13.3. The molecule has 94 valence electrons. The van der Waals surface area contributed by atoms with Crippen LogP contribution in [0.4, 0.5) is 21.7 Å². The molecule has 0 amide bonds. The van der Waals surface area contributed by atoms with Crippen molar-refractivity contribution in [3.63, 3.8) is 0 Å². The van der Waals surface area contributed by atoms with Crippen LogP contribution < -0.4 is 17.2 Å². The van der Waals surface area contributed by atoms with Crippen LogP contribution in [0.3, 0.4) is 0 Å². The Morgan fingerprint density at radius 3 is 2.28 bits per heavy atom. The van der Waals surface area contributed by atoms with Crippen molar-refractivity contribution in [2.45, 2.75) is 17.0 Å². The summed E-state index contributed by atoms with van der Waals surface area (Å²) in [6.07, 6.45) is 0. The third-order valence-corrected chi connectivity index (χ3v) is 3.18. The highest BCUT2D eigenvalue weighted by atomic mass is 32.2. The van der Waals surface area contributed by atoms with E-state index in [1.807, 2.05) is 0 Å². The Morgan fingerprint density at radius 1 is 1.06 bits per heavy atom. The van der Waals surface area contributed by atoms with Crippen LogP contribution in [0.15, 0.2) is 28.3 Å². The van der Waals surface area contributed by atoms with Gasteiger partial charge in [-0.05, 0) is 36.4 Å². The van der Waals surface area contributed by atoms with Crippen LogP contribution in [0, 0.1) is 12.7 Å². The van der Waals surface area contributed by atoms with Gasteiger partial charge in [-0.2, -0.15) is 0 Å². The summed E-state index contributed by atoms with van der Waals surface area (Å²) in [6.45, 7) is 1.66. The number of anilines is 3. The fraction of sp³-hybridized carbons (Fsp3) is 0.0909. The molecule has 1 aromatic carbocycles. The highest BCUT2D eigenvalue weighted by molar-refractivity contribution is 7.99. The van der Waals surface area contributed by atoms with Gasteiger partial charge >= 0.3 is 0 Å². The van der Waals surface area contributed by atoms with Gasteiger partial charge in [-0.3, -0.25) is 0 Å². The molecule has 1 aromatic heterocycles. The summed E-state index contributed by atoms with van der Waals surface area (Å²) >= 11 is 1.19. The van der Waals surface area contributed by atoms with E-state index in [-0.39, 0.29) is 17.5 Å². The number of aryl methyl sites for hydroxylation is 1. The molecule has 0 spiro atoms. The fourth-order valence-electron chi connectivity index (χ4n) is 1.36. The summed E-state index contributed by atoms with van der Waals surface area (Å²) in [7, 11) is 0. The van der Waals surface area contributed by atoms with E-state index < -0.39 is 0 Å². The summed E-state index contributed by atoms with van der Waals surface area (Å²) in [5, 5.41) is 0.380. The maximum atomic E-state index is 13.3. The molecule has 18 heavy (non-hydrogen) atoms. The number of nitrogens with two attached hydrogens (primary N) is 3. The molecule has 2 aromatic rings. The first kappa shape index (κ1) is 12.4. The van der Waals surface area contributed by atoms with Crippen LogP contribution in [0.1, 0.15) is 5.56 Å².